The van der Waals surface area contributed by atoms with E-state index in [1.807, 2.05) is 11.8 Å². The van der Waals surface area contributed by atoms with E-state index >= 15 is 0 Å². The number of morpholine rings is 1. The van der Waals surface area contributed by atoms with Crippen molar-refractivity contribution in [3.8, 4) is 0 Å². The van der Waals surface area contributed by atoms with Crippen molar-refractivity contribution in [2.24, 2.45) is 5.92 Å². The van der Waals surface area contributed by atoms with E-state index in [9.17, 15) is 9.90 Å². The lowest BCUT2D eigenvalue weighted by molar-refractivity contribution is -0.108. The summed E-state index contributed by atoms with van der Waals surface area (Å²) in [5, 5.41) is 11.1. The highest BCUT2D eigenvalue weighted by Gasteiger charge is 2.45. The lowest BCUT2D eigenvalue weighted by atomic mass is 9.95. The van der Waals surface area contributed by atoms with E-state index in [0.29, 0.717) is 17.6 Å². The fourth-order valence-corrected chi connectivity index (χ4v) is 5.62. The molecule has 0 unspecified atom stereocenters. The standard InChI is InChI=1S/C20H29NO3S/c1-15-4-6-16(7-5-15)14-25-19-13-18(23)20(17(19)3-2-10-22)21-8-11-24-12-9-21/h4-7,10,17-20,23H,2-3,8-9,11-14H2,1H3/t17-,18+,19-,20+/m1/s1. The largest absolute Gasteiger partial charge is 0.391 e. The molecule has 1 aliphatic carbocycles. The van der Waals surface area contributed by atoms with Gasteiger partial charge in [-0.2, -0.15) is 11.8 Å². The van der Waals surface area contributed by atoms with Crippen LogP contribution in [-0.4, -0.2) is 60.0 Å². The quantitative estimate of drug-likeness (QED) is 0.755. The summed E-state index contributed by atoms with van der Waals surface area (Å²) in [6, 6.07) is 8.85. The normalized spacial score (nSPS) is 30.5. The van der Waals surface area contributed by atoms with Crippen LogP contribution in [0.3, 0.4) is 0 Å². The molecule has 2 fully saturated rings. The second kappa shape index (κ2) is 9.17. The molecular formula is C20H29NO3S. The molecule has 3 rings (SSSR count). The van der Waals surface area contributed by atoms with Gasteiger partial charge in [-0.25, -0.2) is 0 Å². The molecule has 2 aliphatic rings. The van der Waals surface area contributed by atoms with Crippen LogP contribution in [0.15, 0.2) is 24.3 Å². The van der Waals surface area contributed by atoms with Crippen molar-refractivity contribution < 1.29 is 14.6 Å². The van der Waals surface area contributed by atoms with Crippen molar-refractivity contribution in [2.45, 2.75) is 49.3 Å². The molecule has 4 atom stereocenters. The molecule has 1 aromatic carbocycles. The number of hydrogen-bond acceptors (Lipinski definition) is 5. The first-order chi connectivity index (χ1) is 12.2. The average molecular weight is 364 g/mol. The second-order valence-electron chi connectivity index (χ2n) is 7.18. The van der Waals surface area contributed by atoms with Crippen LogP contribution in [-0.2, 0) is 15.3 Å². The van der Waals surface area contributed by atoms with Crippen LogP contribution in [0.25, 0.3) is 0 Å². The van der Waals surface area contributed by atoms with Gasteiger partial charge in [0.1, 0.15) is 6.29 Å². The van der Waals surface area contributed by atoms with Gasteiger partial charge in [0.05, 0.1) is 19.3 Å². The Morgan fingerprint density at radius 3 is 2.68 bits per heavy atom. The fraction of sp³-hybridized carbons (Fsp3) is 0.650. The minimum atomic E-state index is -0.301. The van der Waals surface area contributed by atoms with Crippen LogP contribution < -0.4 is 0 Å². The minimum absolute atomic E-state index is 0.166. The van der Waals surface area contributed by atoms with E-state index in [1.54, 1.807) is 0 Å². The maximum atomic E-state index is 10.9. The molecule has 0 radical (unpaired) electrons. The summed E-state index contributed by atoms with van der Waals surface area (Å²) in [6.07, 6.45) is 2.99. The van der Waals surface area contributed by atoms with Gasteiger partial charge in [-0.3, -0.25) is 4.90 Å². The van der Waals surface area contributed by atoms with Crippen LogP contribution in [0.5, 0.6) is 0 Å². The topological polar surface area (TPSA) is 49.8 Å². The van der Waals surface area contributed by atoms with Crippen molar-refractivity contribution in [3.63, 3.8) is 0 Å². The number of thioether (sulfide) groups is 1. The molecule has 0 spiro atoms. The molecule has 5 heteroatoms. The first-order valence-corrected chi connectivity index (χ1v) is 10.3. The molecule has 1 heterocycles. The number of ether oxygens (including phenoxy) is 1. The smallest absolute Gasteiger partial charge is 0.120 e. The molecule has 25 heavy (non-hydrogen) atoms. The molecule has 0 aromatic heterocycles. The van der Waals surface area contributed by atoms with Crippen LogP contribution in [0, 0.1) is 12.8 Å². The summed E-state index contributed by atoms with van der Waals surface area (Å²) in [4.78, 5) is 13.3. The first-order valence-electron chi connectivity index (χ1n) is 9.29. The summed E-state index contributed by atoms with van der Waals surface area (Å²) < 4.78 is 5.47. The highest BCUT2D eigenvalue weighted by molar-refractivity contribution is 7.99. The van der Waals surface area contributed by atoms with Gasteiger partial charge in [-0.1, -0.05) is 29.8 Å². The predicted octanol–water partition coefficient (Wildman–Crippen LogP) is 2.66. The maximum Gasteiger partial charge on any atom is 0.120 e. The van der Waals surface area contributed by atoms with Gasteiger partial charge in [0.25, 0.3) is 0 Å². The van der Waals surface area contributed by atoms with E-state index in [1.165, 1.54) is 11.1 Å². The number of aliphatic hydroxyl groups excluding tert-OH is 1. The Balaban J connectivity index is 1.66. The van der Waals surface area contributed by atoms with E-state index in [2.05, 4.69) is 36.1 Å². The van der Waals surface area contributed by atoms with Crippen LogP contribution in [0.2, 0.25) is 0 Å². The molecular weight excluding hydrogens is 334 g/mol. The minimum Gasteiger partial charge on any atom is -0.391 e. The lowest BCUT2D eigenvalue weighted by Gasteiger charge is -2.38. The van der Waals surface area contributed by atoms with Crippen molar-refractivity contribution in [1.82, 2.24) is 4.90 Å². The Kier molecular flexibility index (Phi) is 6.93. The van der Waals surface area contributed by atoms with E-state index in [0.717, 1.165) is 51.2 Å². The zero-order valence-electron chi connectivity index (χ0n) is 15.0. The van der Waals surface area contributed by atoms with Gasteiger partial charge in [0, 0.05) is 36.6 Å². The molecule has 1 saturated heterocycles. The summed E-state index contributed by atoms with van der Waals surface area (Å²) >= 11 is 1.94. The Morgan fingerprint density at radius 1 is 1.28 bits per heavy atom. The SMILES string of the molecule is Cc1ccc(CS[C@@H]2C[C@H](O)[C@@H](N3CCOCC3)[C@@H]2CCC=O)cc1. The van der Waals surface area contributed by atoms with Gasteiger partial charge in [0.2, 0.25) is 0 Å². The maximum absolute atomic E-state index is 10.9. The van der Waals surface area contributed by atoms with Crippen molar-refractivity contribution >= 4 is 18.0 Å². The van der Waals surface area contributed by atoms with Crippen molar-refractivity contribution in [3.05, 3.63) is 35.4 Å². The Hall–Kier alpha value is -0.880. The van der Waals surface area contributed by atoms with E-state index in [4.69, 9.17) is 4.74 Å². The number of aldehydes is 1. The number of carbonyl (C=O) groups is 1. The number of rotatable bonds is 7. The molecule has 0 bridgehead atoms. The summed E-state index contributed by atoms with van der Waals surface area (Å²) in [5.74, 6) is 1.33. The molecule has 138 valence electrons. The summed E-state index contributed by atoms with van der Waals surface area (Å²) in [5.41, 5.74) is 2.61. The fourth-order valence-electron chi connectivity index (χ4n) is 4.14. The number of aliphatic hydroxyl groups is 1. The van der Waals surface area contributed by atoms with Gasteiger partial charge < -0.3 is 14.6 Å². The number of nitrogens with zero attached hydrogens (tertiary/aromatic N) is 1. The third-order valence-corrected chi connectivity index (χ3v) is 6.92. The van der Waals surface area contributed by atoms with Crippen molar-refractivity contribution in [1.29, 1.82) is 0 Å². The van der Waals surface area contributed by atoms with E-state index < -0.39 is 0 Å². The zero-order chi connectivity index (χ0) is 17.6. The third kappa shape index (κ3) is 4.85. The van der Waals surface area contributed by atoms with Gasteiger partial charge in [-0.15, -0.1) is 0 Å². The van der Waals surface area contributed by atoms with Gasteiger partial charge >= 0.3 is 0 Å². The number of carbonyl (C=O) groups excluding carboxylic acids is 1. The summed E-state index contributed by atoms with van der Waals surface area (Å²) in [6.45, 7) is 5.35. The highest BCUT2D eigenvalue weighted by Crippen LogP contribution is 2.42. The molecule has 1 aliphatic heterocycles. The third-order valence-electron chi connectivity index (χ3n) is 5.45. The number of benzene rings is 1. The van der Waals surface area contributed by atoms with Gasteiger partial charge in [-0.05, 0) is 31.2 Å². The predicted molar refractivity (Wildman–Crippen MR) is 102 cm³/mol. The van der Waals surface area contributed by atoms with E-state index in [-0.39, 0.29) is 12.1 Å². The second-order valence-corrected chi connectivity index (χ2v) is 8.41. The Bertz CT molecular complexity index is 544. The van der Waals surface area contributed by atoms with Crippen LogP contribution >= 0.6 is 11.8 Å². The number of hydrogen-bond donors (Lipinski definition) is 1. The van der Waals surface area contributed by atoms with Gasteiger partial charge in [0.15, 0.2) is 0 Å². The Labute approximate surface area is 154 Å². The molecule has 4 nitrogen and oxygen atoms in total. The first kappa shape index (κ1) is 18.9. The lowest BCUT2D eigenvalue weighted by Crippen LogP contribution is -2.50. The monoisotopic (exact) mass is 363 g/mol. The number of aryl methyl sites for hydroxylation is 1. The molecule has 1 saturated carbocycles. The van der Waals surface area contributed by atoms with Crippen molar-refractivity contribution in [2.75, 3.05) is 26.3 Å². The molecule has 1 aromatic rings. The highest BCUT2D eigenvalue weighted by atomic mass is 32.2. The molecule has 0 amide bonds. The summed E-state index contributed by atoms with van der Waals surface area (Å²) in [7, 11) is 0. The molecule has 1 N–H and O–H groups in total. The van der Waals surface area contributed by atoms with Crippen LogP contribution in [0.1, 0.15) is 30.4 Å². The van der Waals surface area contributed by atoms with Crippen LogP contribution in [0.4, 0.5) is 0 Å². The zero-order valence-corrected chi connectivity index (χ0v) is 15.8. The average Bonchev–Trinajstić information content (AvgIpc) is 2.95. The Morgan fingerprint density at radius 2 is 2.00 bits per heavy atom.